The first-order valence-corrected chi connectivity index (χ1v) is 5.35. The van der Waals surface area contributed by atoms with Gasteiger partial charge in [0.1, 0.15) is 5.82 Å². The van der Waals surface area contributed by atoms with E-state index >= 15 is 0 Å². The molecular weight excluding hydrogens is 188 g/mol. The van der Waals surface area contributed by atoms with Gasteiger partial charge in [-0.15, -0.1) is 0 Å². The van der Waals surface area contributed by atoms with E-state index in [9.17, 15) is 0 Å². The van der Waals surface area contributed by atoms with Crippen LogP contribution >= 0.6 is 0 Å². The fourth-order valence-electron chi connectivity index (χ4n) is 2.04. The lowest BCUT2D eigenvalue weighted by Gasteiger charge is -2.22. The van der Waals surface area contributed by atoms with Gasteiger partial charge in [0.25, 0.3) is 0 Å². The number of fused-ring (bicyclic) bond motifs is 3. The molecule has 0 radical (unpaired) electrons. The fourth-order valence-corrected chi connectivity index (χ4v) is 2.04. The summed E-state index contributed by atoms with van der Waals surface area (Å²) in [4.78, 5) is 4.43. The van der Waals surface area contributed by atoms with Crippen LogP contribution in [0.2, 0.25) is 0 Å². The van der Waals surface area contributed by atoms with Crippen molar-refractivity contribution in [1.29, 1.82) is 0 Å². The Morgan fingerprint density at radius 1 is 1.47 bits per heavy atom. The van der Waals surface area contributed by atoms with E-state index < -0.39 is 0 Å². The van der Waals surface area contributed by atoms with Gasteiger partial charge in [-0.2, -0.15) is 5.10 Å². The van der Waals surface area contributed by atoms with Gasteiger partial charge < -0.3 is 5.32 Å². The summed E-state index contributed by atoms with van der Waals surface area (Å²) in [6.45, 7) is 5.18. The SMILES string of the molecule is Cc1ccc2c3n(nc2n1)CCC(C)N3. The number of nitrogens with one attached hydrogen (secondary N) is 1. The second kappa shape index (κ2) is 2.95. The van der Waals surface area contributed by atoms with Gasteiger partial charge in [-0.3, -0.25) is 0 Å². The average Bonchev–Trinajstić information content (AvgIpc) is 2.54. The summed E-state index contributed by atoms with van der Waals surface area (Å²) in [5.74, 6) is 1.12. The van der Waals surface area contributed by atoms with E-state index in [1.54, 1.807) is 0 Å². The lowest BCUT2D eigenvalue weighted by atomic mass is 10.2. The van der Waals surface area contributed by atoms with Crippen LogP contribution in [-0.2, 0) is 6.54 Å². The molecule has 0 aromatic carbocycles. The number of aryl methyl sites for hydroxylation is 2. The Bertz CT molecular complexity index is 515. The van der Waals surface area contributed by atoms with E-state index in [1.807, 2.05) is 17.7 Å². The van der Waals surface area contributed by atoms with Gasteiger partial charge >= 0.3 is 0 Å². The van der Waals surface area contributed by atoms with Crippen molar-refractivity contribution in [3.63, 3.8) is 0 Å². The van der Waals surface area contributed by atoms with Crippen LogP contribution in [0.5, 0.6) is 0 Å². The molecular formula is C11H14N4. The minimum absolute atomic E-state index is 0.527. The Morgan fingerprint density at radius 2 is 2.33 bits per heavy atom. The molecule has 4 heteroatoms. The predicted molar refractivity (Wildman–Crippen MR) is 60.0 cm³/mol. The van der Waals surface area contributed by atoms with Gasteiger partial charge in [-0.1, -0.05) is 0 Å². The summed E-state index contributed by atoms with van der Waals surface area (Å²) in [6, 6.07) is 4.66. The van der Waals surface area contributed by atoms with E-state index in [-0.39, 0.29) is 0 Å². The Balaban J connectivity index is 2.24. The maximum Gasteiger partial charge on any atom is 0.183 e. The Morgan fingerprint density at radius 3 is 3.20 bits per heavy atom. The molecule has 0 aliphatic carbocycles. The van der Waals surface area contributed by atoms with Gasteiger partial charge in [0.2, 0.25) is 0 Å². The van der Waals surface area contributed by atoms with Gasteiger partial charge in [0.15, 0.2) is 5.65 Å². The molecule has 3 heterocycles. The van der Waals surface area contributed by atoms with E-state index in [4.69, 9.17) is 0 Å². The highest BCUT2D eigenvalue weighted by Crippen LogP contribution is 2.26. The van der Waals surface area contributed by atoms with Gasteiger partial charge in [-0.05, 0) is 32.4 Å². The molecule has 15 heavy (non-hydrogen) atoms. The first kappa shape index (κ1) is 8.71. The standard InChI is InChI=1S/C11H14N4/c1-7-3-4-9-10(12-7)14-15-6-5-8(2)13-11(9)15/h3-4,8,13H,5-6H2,1-2H3. The van der Waals surface area contributed by atoms with Gasteiger partial charge in [-0.25, -0.2) is 9.67 Å². The number of pyridine rings is 1. The van der Waals surface area contributed by atoms with Crippen molar-refractivity contribution in [1.82, 2.24) is 14.8 Å². The first-order valence-electron chi connectivity index (χ1n) is 5.35. The van der Waals surface area contributed by atoms with Crippen molar-refractivity contribution in [2.24, 2.45) is 0 Å². The third-order valence-corrected chi connectivity index (χ3v) is 2.90. The Labute approximate surface area is 88.3 Å². The molecule has 1 atom stereocenters. The second-order valence-electron chi connectivity index (χ2n) is 4.23. The lowest BCUT2D eigenvalue weighted by molar-refractivity contribution is 0.515. The molecule has 1 unspecified atom stereocenters. The molecule has 1 aliphatic heterocycles. The number of anilines is 1. The second-order valence-corrected chi connectivity index (χ2v) is 4.23. The monoisotopic (exact) mass is 202 g/mol. The summed E-state index contributed by atoms with van der Waals surface area (Å²) in [6.07, 6.45) is 1.12. The zero-order valence-corrected chi connectivity index (χ0v) is 8.99. The minimum Gasteiger partial charge on any atom is -0.367 e. The van der Waals surface area contributed by atoms with Crippen molar-refractivity contribution < 1.29 is 0 Å². The van der Waals surface area contributed by atoms with Crippen LogP contribution in [0.4, 0.5) is 5.82 Å². The number of nitrogens with zero attached hydrogens (tertiary/aromatic N) is 3. The van der Waals surface area contributed by atoms with Crippen molar-refractivity contribution in [3.8, 4) is 0 Å². The summed E-state index contributed by atoms with van der Waals surface area (Å²) in [5, 5.41) is 9.09. The van der Waals surface area contributed by atoms with Crippen molar-refractivity contribution in [2.45, 2.75) is 32.9 Å². The van der Waals surface area contributed by atoms with Crippen molar-refractivity contribution in [3.05, 3.63) is 17.8 Å². The molecule has 0 amide bonds. The maximum absolute atomic E-state index is 4.49. The fraction of sp³-hybridized carbons (Fsp3) is 0.455. The van der Waals surface area contributed by atoms with Crippen LogP contribution in [0.1, 0.15) is 19.0 Å². The Hall–Kier alpha value is -1.58. The van der Waals surface area contributed by atoms with Crippen LogP contribution in [0.3, 0.4) is 0 Å². The highest BCUT2D eigenvalue weighted by atomic mass is 15.4. The predicted octanol–water partition coefficient (Wildman–Crippen LogP) is 1.94. The minimum atomic E-state index is 0.527. The summed E-state index contributed by atoms with van der Waals surface area (Å²) < 4.78 is 2.02. The maximum atomic E-state index is 4.49. The summed E-state index contributed by atoms with van der Waals surface area (Å²) in [5.41, 5.74) is 1.87. The number of hydrogen-bond acceptors (Lipinski definition) is 3. The van der Waals surface area contributed by atoms with Gasteiger partial charge in [0, 0.05) is 18.3 Å². The van der Waals surface area contributed by atoms with Crippen molar-refractivity contribution in [2.75, 3.05) is 5.32 Å². The van der Waals surface area contributed by atoms with E-state index in [2.05, 4.69) is 28.4 Å². The molecule has 0 saturated carbocycles. The van der Waals surface area contributed by atoms with E-state index in [1.165, 1.54) is 0 Å². The molecule has 2 aromatic rings. The van der Waals surface area contributed by atoms with Crippen LogP contribution in [0.15, 0.2) is 12.1 Å². The molecule has 0 spiro atoms. The van der Waals surface area contributed by atoms with E-state index in [0.717, 1.165) is 35.5 Å². The molecule has 2 aromatic heterocycles. The lowest BCUT2D eigenvalue weighted by Crippen LogP contribution is -2.25. The molecule has 4 nitrogen and oxygen atoms in total. The summed E-state index contributed by atoms with van der Waals surface area (Å²) >= 11 is 0. The third kappa shape index (κ3) is 1.28. The smallest absolute Gasteiger partial charge is 0.183 e. The quantitative estimate of drug-likeness (QED) is 0.710. The zero-order valence-electron chi connectivity index (χ0n) is 8.99. The normalized spacial score (nSPS) is 20.0. The van der Waals surface area contributed by atoms with Crippen LogP contribution in [0, 0.1) is 6.92 Å². The molecule has 0 bridgehead atoms. The molecule has 3 rings (SSSR count). The molecule has 0 fully saturated rings. The van der Waals surface area contributed by atoms with Crippen LogP contribution in [0.25, 0.3) is 11.0 Å². The molecule has 78 valence electrons. The number of rotatable bonds is 0. The van der Waals surface area contributed by atoms with Crippen LogP contribution in [-0.4, -0.2) is 20.8 Å². The average molecular weight is 202 g/mol. The third-order valence-electron chi connectivity index (χ3n) is 2.90. The van der Waals surface area contributed by atoms with Gasteiger partial charge in [0.05, 0.1) is 5.39 Å². The number of hydrogen-bond donors (Lipinski definition) is 1. The Kier molecular flexibility index (Phi) is 1.71. The largest absolute Gasteiger partial charge is 0.367 e. The summed E-state index contributed by atoms with van der Waals surface area (Å²) in [7, 11) is 0. The van der Waals surface area contributed by atoms with Crippen molar-refractivity contribution >= 4 is 16.9 Å². The molecule has 0 saturated heterocycles. The van der Waals surface area contributed by atoms with Crippen LogP contribution < -0.4 is 5.32 Å². The highest BCUT2D eigenvalue weighted by Gasteiger charge is 2.18. The first-order chi connectivity index (χ1) is 7.24. The molecule has 1 aliphatic rings. The topological polar surface area (TPSA) is 42.7 Å². The number of aromatic nitrogens is 3. The molecule has 1 N–H and O–H groups in total. The highest BCUT2D eigenvalue weighted by molar-refractivity contribution is 5.87. The van der Waals surface area contributed by atoms with E-state index in [0.29, 0.717) is 6.04 Å². The zero-order chi connectivity index (χ0) is 10.4.